The van der Waals surface area contributed by atoms with Crippen molar-refractivity contribution in [3.05, 3.63) is 24.0 Å². The highest BCUT2D eigenvalue weighted by Crippen LogP contribution is 2.16. The molecule has 18 heavy (non-hydrogen) atoms. The lowest BCUT2D eigenvalue weighted by atomic mass is 10.0. The number of piperidine rings is 1. The maximum Gasteiger partial charge on any atom is 0.0545 e. The van der Waals surface area contributed by atoms with Gasteiger partial charge in [0.05, 0.1) is 17.6 Å². The van der Waals surface area contributed by atoms with E-state index in [2.05, 4.69) is 28.8 Å². The van der Waals surface area contributed by atoms with Gasteiger partial charge in [-0.25, -0.2) is 0 Å². The van der Waals surface area contributed by atoms with Crippen LogP contribution in [-0.2, 0) is 6.54 Å². The molecule has 2 heterocycles. The molecule has 4 heteroatoms. The minimum Gasteiger partial charge on any atom is -0.397 e. The Labute approximate surface area is 110 Å². The maximum atomic E-state index is 5.65. The quantitative estimate of drug-likeness (QED) is 0.878. The number of likely N-dealkylation sites (tertiary alicyclic amines) is 1. The maximum absolute atomic E-state index is 5.65. The van der Waals surface area contributed by atoms with Crippen LogP contribution in [0.2, 0.25) is 0 Å². The van der Waals surface area contributed by atoms with Gasteiger partial charge < -0.3 is 10.6 Å². The Bertz CT molecular complexity index is 355. The third-order valence-electron chi connectivity index (χ3n) is 3.89. The number of anilines is 1. The molecule has 1 aliphatic heterocycles. The first-order valence-electron chi connectivity index (χ1n) is 6.82. The molecule has 1 saturated heterocycles. The molecule has 0 amide bonds. The van der Waals surface area contributed by atoms with Crippen molar-refractivity contribution in [2.24, 2.45) is 0 Å². The summed E-state index contributed by atoms with van der Waals surface area (Å²) in [5.41, 5.74) is 7.48. The van der Waals surface area contributed by atoms with E-state index in [1.54, 1.807) is 6.20 Å². The van der Waals surface area contributed by atoms with E-state index in [9.17, 15) is 0 Å². The number of nitrogens with zero attached hydrogens (tertiary/aromatic N) is 3. The van der Waals surface area contributed by atoms with Crippen LogP contribution in [0.4, 0.5) is 5.69 Å². The van der Waals surface area contributed by atoms with Crippen LogP contribution in [0.5, 0.6) is 0 Å². The average molecular weight is 248 g/mol. The number of nitrogen functional groups attached to an aromatic ring is 1. The molecular weight excluding hydrogens is 224 g/mol. The van der Waals surface area contributed by atoms with Crippen LogP contribution in [0.25, 0.3) is 0 Å². The van der Waals surface area contributed by atoms with E-state index in [-0.39, 0.29) is 0 Å². The zero-order valence-corrected chi connectivity index (χ0v) is 11.5. The van der Waals surface area contributed by atoms with Crippen molar-refractivity contribution in [3.63, 3.8) is 0 Å². The van der Waals surface area contributed by atoms with Crippen molar-refractivity contribution in [1.29, 1.82) is 0 Å². The third-order valence-corrected chi connectivity index (χ3v) is 3.89. The molecule has 1 aromatic heterocycles. The van der Waals surface area contributed by atoms with E-state index in [1.807, 2.05) is 12.1 Å². The number of rotatable bonds is 4. The van der Waals surface area contributed by atoms with Crippen LogP contribution in [0.3, 0.4) is 0 Å². The van der Waals surface area contributed by atoms with Crippen molar-refractivity contribution in [2.75, 3.05) is 32.4 Å². The molecule has 100 valence electrons. The van der Waals surface area contributed by atoms with Crippen molar-refractivity contribution < 1.29 is 0 Å². The van der Waals surface area contributed by atoms with Gasteiger partial charge >= 0.3 is 0 Å². The van der Waals surface area contributed by atoms with Crippen molar-refractivity contribution >= 4 is 5.69 Å². The predicted molar refractivity (Wildman–Crippen MR) is 75.3 cm³/mol. The summed E-state index contributed by atoms with van der Waals surface area (Å²) in [4.78, 5) is 9.31. The summed E-state index contributed by atoms with van der Waals surface area (Å²) in [6.45, 7) is 6.77. The summed E-state index contributed by atoms with van der Waals surface area (Å²) >= 11 is 0. The SMILES string of the molecule is CCN1CCC(N(C)Cc2ccc(N)cn2)CC1. The van der Waals surface area contributed by atoms with Crippen molar-refractivity contribution in [3.8, 4) is 0 Å². The molecule has 1 fully saturated rings. The minimum atomic E-state index is 0.687. The highest BCUT2D eigenvalue weighted by molar-refractivity contribution is 5.34. The van der Waals surface area contributed by atoms with E-state index in [0.29, 0.717) is 6.04 Å². The summed E-state index contributed by atoms with van der Waals surface area (Å²) in [5.74, 6) is 0. The Hall–Kier alpha value is -1.13. The van der Waals surface area contributed by atoms with Gasteiger partial charge in [-0.2, -0.15) is 0 Å². The van der Waals surface area contributed by atoms with E-state index < -0.39 is 0 Å². The van der Waals surface area contributed by atoms with Gasteiger partial charge in [-0.05, 0) is 51.7 Å². The number of hydrogen-bond acceptors (Lipinski definition) is 4. The number of aromatic nitrogens is 1. The monoisotopic (exact) mass is 248 g/mol. The third kappa shape index (κ3) is 3.43. The van der Waals surface area contributed by atoms with Crippen LogP contribution in [0.15, 0.2) is 18.3 Å². The molecule has 1 aromatic rings. The molecule has 4 nitrogen and oxygen atoms in total. The lowest BCUT2D eigenvalue weighted by molar-refractivity contribution is 0.126. The normalized spacial score (nSPS) is 18.4. The molecule has 0 atom stereocenters. The fourth-order valence-corrected chi connectivity index (χ4v) is 2.59. The average Bonchev–Trinajstić information content (AvgIpc) is 2.41. The molecule has 0 aromatic carbocycles. The zero-order valence-electron chi connectivity index (χ0n) is 11.5. The summed E-state index contributed by atoms with van der Waals surface area (Å²) < 4.78 is 0. The molecule has 0 radical (unpaired) electrons. The van der Waals surface area contributed by atoms with Crippen LogP contribution in [0.1, 0.15) is 25.5 Å². The Balaban J connectivity index is 1.85. The minimum absolute atomic E-state index is 0.687. The topological polar surface area (TPSA) is 45.4 Å². The second-order valence-corrected chi connectivity index (χ2v) is 5.16. The molecule has 0 unspecified atom stereocenters. The van der Waals surface area contributed by atoms with Gasteiger partial charge in [0.25, 0.3) is 0 Å². The first-order chi connectivity index (χ1) is 8.69. The fraction of sp³-hybridized carbons (Fsp3) is 0.643. The van der Waals surface area contributed by atoms with Crippen molar-refractivity contribution in [2.45, 2.75) is 32.4 Å². The molecule has 0 aliphatic carbocycles. The Kier molecular flexibility index (Phi) is 4.55. The second kappa shape index (κ2) is 6.16. The largest absolute Gasteiger partial charge is 0.397 e. The lowest BCUT2D eigenvalue weighted by Gasteiger charge is -2.36. The van der Waals surface area contributed by atoms with Crippen LogP contribution >= 0.6 is 0 Å². The molecule has 1 aliphatic rings. The van der Waals surface area contributed by atoms with Gasteiger partial charge in [-0.1, -0.05) is 6.92 Å². The van der Waals surface area contributed by atoms with Gasteiger partial charge in [0.2, 0.25) is 0 Å². The predicted octanol–water partition coefficient (Wildman–Crippen LogP) is 1.58. The summed E-state index contributed by atoms with van der Waals surface area (Å²) in [6, 6.07) is 4.63. The molecule has 0 saturated carbocycles. The highest BCUT2D eigenvalue weighted by Gasteiger charge is 2.21. The van der Waals surface area contributed by atoms with E-state index >= 15 is 0 Å². The zero-order chi connectivity index (χ0) is 13.0. The molecular formula is C14H24N4. The Morgan fingerprint density at radius 2 is 2.11 bits per heavy atom. The van der Waals surface area contributed by atoms with Crippen LogP contribution in [0, 0.1) is 0 Å². The molecule has 2 N–H and O–H groups in total. The molecule has 0 bridgehead atoms. The fourth-order valence-electron chi connectivity index (χ4n) is 2.59. The summed E-state index contributed by atoms with van der Waals surface area (Å²) in [5, 5.41) is 0. The van der Waals surface area contributed by atoms with Gasteiger partial charge in [-0.3, -0.25) is 9.88 Å². The highest BCUT2D eigenvalue weighted by atomic mass is 15.2. The number of nitrogens with two attached hydrogens (primary N) is 1. The number of hydrogen-bond donors (Lipinski definition) is 1. The van der Waals surface area contributed by atoms with Gasteiger partial charge in [0.1, 0.15) is 0 Å². The Morgan fingerprint density at radius 3 is 2.67 bits per heavy atom. The van der Waals surface area contributed by atoms with Gasteiger partial charge in [-0.15, -0.1) is 0 Å². The summed E-state index contributed by atoms with van der Waals surface area (Å²) in [6.07, 6.45) is 4.27. The van der Waals surface area contributed by atoms with E-state index in [1.165, 1.54) is 32.5 Å². The van der Waals surface area contributed by atoms with Gasteiger partial charge in [0, 0.05) is 12.6 Å². The first-order valence-corrected chi connectivity index (χ1v) is 6.82. The molecule has 2 rings (SSSR count). The number of pyridine rings is 1. The first kappa shape index (κ1) is 13.3. The molecule has 0 spiro atoms. The Morgan fingerprint density at radius 1 is 1.39 bits per heavy atom. The second-order valence-electron chi connectivity index (χ2n) is 5.16. The van der Waals surface area contributed by atoms with Crippen LogP contribution in [-0.4, -0.2) is 47.5 Å². The van der Waals surface area contributed by atoms with Gasteiger partial charge in [0.15, 0.2) is 0 Å². The standard InChI is InChI=1S/C14H24N4/c1-3-18-8-6-14(7-9-18)17(2)11-13-5-4-12(15)10-16-13/h4-5,10,14H,3,6-9,11,15H2,1-2H3. The smallest absolute Gasteiger partial charge is 0.0545 e. The van der Waals surface area contributed by atoms with E-state index in [0.717, 1.165) is 17.9 Å². The summed E-state index contributed by atoms with van der Waals surface area (Å²) in [7, 11) is 2.20. The van der Waals surface area contributed by atoms with Crippen molar-refractivity contribution in [1.82, 2.24) is 14.8 Å². The van der Waals surface area contributed by atoms with Crippen LogP contribution < -0.4 is 5.73 Å². The lowest BCUT2D eigenvalue weighted by Crippen LogP contribution is -2.43. The van der Waals surface area contributed by atoms with E-state index in [4.69, 9.17) is 5.73 Å².